The molecule has 1 saturated carbocycles. The monoisotopic (exact) mass is 247 g/mol. The molecular formula is C12H25NO4. The van der Waals surface area contributed by atoms with Gasteiger partial charge in [0.25, 0.3) is 0 Å². The molecule has 0 aromatic heterocycles. The Balaban J connectivity index is 1.78. The summed E-state index contributed by atoms with van der Waals surface area (Å²) in [6, 6.07) is 0.215. The molecule has 1 fully saturated rings. The van der Waals surface area contributed by atoms with Crippen LogP contribution in [0.2, 0.25) is 0 Å². The standard InChI is InChI=1S/C12H25NO4/c1-14-5-6-15-7-8-16-9-10-17-12-4-2-3-11(12)13/h11-12H,2-10,13H2,1H3. The first-order valence-electron chi connectivity index (χ1n) is 6.36. The van der Waals surface area contributed by atoms with Crippen molar-refractivity contribution >= 4 is 0 Å². The van der Waals surface area contributed by atoms with Crippen molar-refractivity contribution in [1.82, 2.24) is 0 Å². The van der Waals surface area contributed by atoms with Crippen LogP contribution in [0, 0.1) is 0 Å². The SMILES string of the molecule is COCCOCCOCCOC1CCCC1N. The van der Waals surface area contributed by atoms with Gasteiger partial charge in [-0.3, -0.25) is 0 Å². The van der Waals surface area contributed by atoms with Crippen molar-refractivity contribution in [3.8, 4) is 0 Å². The summed E-state index contributed by atoms with van der Waals surface area (Å²) in [4.78, 5) is 0. The van der Waals surface area contributed by atoms with Crippen molar-refractivity contribution in [3.63, 3.8) is 0 Å². The minimum atomic E-state index is 0.215. The van der Waals surface area contributed by atoms with E-state index >= 15 is 0 Å². The Kier molecular flexibility index (Phi) is 8.56. The topological polar surface area (TPSA) is 62.9 Å². The summed E-state index contributed by atoms with van der Waals surface area (Å²) < 4.78 is 21.1. The first kappa shape index (κ1) is 14.9. The van der Waals surface area contributed by atoms with Gasteiger partial charge in [-0.2, -0.15) is 0 Å². The second-order valence-electron chi connectivity index (χ2n) is 4.22. The average molecular weight is 247 g/mol. The highest BCUT2D eigenvalue weighted by atomic mass is 16.6. The molecule has 5 heteroatoms. The Morgan fingerprint density at radius 2 is 1.59 bits per heavy atom. The van der Waals surface area contributed by atoms with Crippen LogP contribution < -0.4 is 5.73 Å². The van der Waals surface area contributed by atoms with E-state index in [0.29, 0.717) is 39.6 Å². The maximum Gasteiger partial charge on any atom is 0.0727 e. The largest absolute Gasteiger partial charge is 0.382 e. The molecule has 0 bridgehead atoms. The van der Waals surface area contributed by atoms with Crippen LogP contribution in [0.4, 0.5) is 0 Å². The number of ether oxygens (including phenoxy) is 4. The van der Waals surface area contributed by atoms with Gasteiger partial charge in [0, 0.05) is 13.2 Å². The van der Waals surface area contributed by atoms with Crippen LogP contribution in [0.15, 0.2) is 0 Å². The van der Waals surface area contributed by atoms with E-state index in [1.807, 2.05) is 0 Å². The molecule has 5 nitrogen and oxygen atoms in total. The predicted octanol–water partition coefficient (Wildman–Crippen LogP) is 0.562. The zero-order valence-corrected chi connectivity index (χ0v) is 10.7. The third-order valence-corrected chi connectivity index (χ3v) is 2.87. The van der Waals surface area contributed by atoms with E-state index < -0.39 is 0 Å². The van der Waals surface area contributed by atoms with Crippen LogP contribution in [-0.2, 0) is 18.9 Å². The fourth-order valence-corrected chi connectivity index (χ4v) is 1.88. The fraction of sp³-hybridized carbons (Fsp3) is 1.00. The van der Waals surface area contributed by atoms with Crippen molar-refractivity contribution in [2.45, 2.75) is 31.4 Å². The van der Waals surface area contributed by atoms with Crippen molar-refractivity contribution in [3.05, 3.63) is 0 Å². The lowest BCUT2D eigenvalue weighted by atomic mass is 10.2. The quantitative estimate of drug-likeness (QED) is 0.572. The fourth-order valence-electron chi connectivity index (χ4n) is 1.88. The molecule has 0 amide bonds. The molecule has 1 aliphatic rings. The van der Waals surface area contributed by atoms with Crippen molar-refractivity contribution in [2.75, 3.05) is 46.8 Å². The summed E-state index contributed by atoms with van der Waals surface area (Å²) in [6.45, 7) is 3.68. The Morgan fingerprint density at radius 1 is 0.941 bits per heavy atom. The Labute approximate surface area is 104 Å². The van der Waals surface area contributed by atoms with Gasteiger partial charge in [-0.05, 0) is 19.3 Å². The van der Waals surface area contributed by atoms with Crippen molar-refractivity contribution < 1.29 is 18.9 Å². The number of hydrogen-bond acceptors (Lipinski definition) is 5. The second kappa shape index (κ2) is 9.79. The van der Waals surface area contributed by atoms with Gasteiger partial charge in [0.05, 0.1) is 45.7 Å². The highest BCUT2D eigenvalue weighted by Crippen LogP contribution is 2.19. The number of rotatable bonds is 10. The van der Waals surface area contributed by atoms with Gasteiger partial charge < -0.3 is 24.7 Å². The van der Waals surface area contributed by atoms with Crippen LogP contribution in [-0.4, -0.2) is 58.9 Å². The summed E-state index contributed by atoms with van der Waals surface area (Å²) in [6.07, 6.45) is 3.58. The molecule has 102 valence electrons. The van der Waals surface area contributed by atoms with E-state index in [4.69, 9.17) is 24.7 Å². The molecular weight excluding hydrogens is 222 g/mol. The Morgan fingerprint density at radius 3 is 2.18 bits per heavy atom. The first-order valence-corrected chi connectivity index (χ1v) is 6.36. The molecule has 0 aliphatic heterocycles. The van der Waals surface area contributed by atoms with Gasteiger partial charge in [-0.1, -0.05) is 0 Å². The Bertz CT molecular complexity index is 180. The van der Waals surface area contributed by atoms with Gasteiger partial charge in [0.2, 0.25) is 0 Å². The Hall–Kier alpha value is -0.200. The maximum absolute atomic E-state index is 5.89. The number of nitrogens with two attached hydrogens (primary N) is 1. The van der Waals surface area contributed by atoms with Crippen molar-refractivity contribution in [2.24, 2.45) is 5.73 Å². The van der Waals surface area contributed by atoms with Gasteiger partial charge in [-0.15, -0.1) is 0 Å². The molecule has 0 aromatic carbocycles. The minimum absolute atomic E-state index is 0.215. The van der Waals surface area contributed by atoms with E-state index in [-0.39, 0.29) is 12.1 Å². The van der Waals surface area contributed by atoms with Gasteiger partial charge in [-0.25, -0.2) is 0 Å². The maximum atomic E-state index is 5.89. The van der Waals surface area contributed by atoms with E-state index in [0.717, 1.165) is 12.8 Å². The lowest BCUT2D eigenvalue weighted by molar-refractivity contribution is -0.0177. The van der Waals surface area contributed by atoms with E-state index in [9.17, 15) is 0 Å². The highest BCUT2D eigenvalue weighted by molar-refractivity contribution is 4.80. The molecule has 0 heterocycles. The van der Waals surface area contributed by atoms with Crippen LogP contribution in [0.1, 0.15) is 19.3 Å². The molecule has 0 saturated heterocycles. The first-order chi connectivity index (χ1) is 8.34. The van der Waals surface area contributed by atoms with E-state index in [1.54, 1.807) is 7.11 Å². The molecule has 0 aromatic rings. The van der Waals surface area contributed by atoms with Gasteiger partial charge >= 0.3 is 0 Å². The molecule has 2 N–H and O–H groups in total. The molecule has 1 aliphatic carbocycles. The normalized spacial score (nSPS) is 24.4. The summed E-state index contributed by atoms with van der Waals surface area (Å²) >= 11 is 0. The molecule has 2 unspecified atom stereocenters. The van der Waals surface area contributed by atoms with Gasteiger partial charge in [0.1, 0.15) is 0 Å². The zero-order valence-electron chi connectivity index (χ0n) is 10.7. The summed E-state index contributed by atoms with van der Waals surface area (Å²) in [5, 5.41) is 0. The zero-order chi connectivity index (χ0) is 12.3. The van der Waals surface area contributed by atoms with E-state index in [2.05, 4.69) is 0 Å². The third kappa shape index (κ3) is 6.95. The number of hydrogen-bond donors (Lipinski definition) is 1. The smallest absolute Gasteiger partial charge is 0.0727 e. The van der Waals surface area contributed by atoms with Gasteiger partial charge in [0.15, 0.2) is 0 Å². The third-order valence-electron chi connectivity index (χ3n) is 2.87. The lowest BCUT2D eigenvalue weighted by Gasteiger charge is -2.16. The summed E-state index contributed by atoms with van der Waals surface area (Å²) in [5.41, 5.74) is 5.89. The lowest BCUT2D eigenvalue weighted by Crippen LogP contribution is -2.32. The summed E-state index contributed by atoms with van der Waals surface area (Å²) in [5.74, 6) is 0. The molecule has 1 rings (SSSR count). The molecule has 2 atom stereocenters. The predicted molar refractivity (Wildman–Crippen MR) is 65.1 cm³/mol. The summed E-state index contributed by atoms with van der Waals surface area (Å²) in [7, 11) is 1.66. The average Bonchev–Trinajstić information content (AvgIpc) is 2.73. The van der Waals surface area contributed by atoms with Crippen LogP contribution in [0.5, 0.6) is 0 Å². The minimum Gasteiger partial charge on any atom is -0.382 e. The molecule has 0 radical (unpaired) electrons. The molecule has 17 heavy (non-hydrogen) atoms. The molecule has 0 spiro atoms. The highest BCUT2D eigenvalue weighted by Gasteiger charge is 2.23. The van der Waals surface area contributed by atoms with Crippen molar-refractivity contribution in [1.29, 1.82) is 0 Å². The van der Waals surface area contributed by atoms with E-state index in [1.165, 1.54) is 6.42 Å². The van der Waals surface area contributed by atoms with Crippen LogP contribution in [0.3, 0.4) is 0 Å². The second-order valence-corrected chi connectivity index (χ2v) is 4.22. The van der Waals surface area contributed by atoms with Crippen LogP contribution in [0.25, 0.3) is 0 Å². The number of methoxy groups -OCH3 is 1. The van der Waals surface area contributed by atoms with Crippen LogP contribution >= 0.6 is 0 Å².